The fraction of sp³-hybridized carbons (Fsp3) is 0.444. The SMILES string of the molecule is COc1c(N2CCC(N)C2)c(F)cc2c(=O)c(C(=O)O)cn(C3CC3)c12.O. The van der Waals surface area contributed by atoms with Crippen molar-refractivity contribution < 1.29 is 24.5 Å². The van der Waals surface area contributed by atoms with Crippen molar-refractivity contribution in [1.29, 1.82) is 0 Å². The molecule has 1 saturated heterocycles. The maximum Gasteiger partial charge on any atom is 0.341 e. The number of hydrogen-bond donors (Lipinski definition) is 2. The number of fused-ring (bicyclic) bond motifs is 1. The molecule has 0 amide bonds. The number of aromatic carboxylic acids is 1. The van der Waals surface area contributed by atoms with Crippen molar-refractivity contribution >= 4 is 22.6 Å². The number of hydrogen-bond acceptors (Lipinski definition) is 5. The summed E-state index contributed by atoms with van der Waals surface area (Å²) in [5.41, 5.74) is 5.62. The van der Waals surface area contributed by atoms with Gasteiger partial charge in [-0.2, -0.15) is 0 Å². The van der Waals surface area contributed by atoms with Crippen LogP contribution in [-0.2, 0) is 0 Å². The highest BCUT2D eigenvalue weighted by Gasteiger charge is 2.32. The van der Waals surface area contributed by atoms with Crippen LogP contribution in [0.3, 0.4) is 0 Å². The number of nitrogens with two attached hydrogens (primary N) is 1. The summed E-state index contributed by atoms with van der Waals surface area (Å²) in [5, 5.41) is 9.37. The van der Waals surface area contributed by atoms with Gasteiger partial charge >= 0.3 is 5.97 Å². The van der Waals surface area contributed by atoms with Crippen LogP contribution < -0.4 is 20.8 Å². The average Bonchev–Trinajstić information content (AvgIpc) is 3.35. The first-order valence-electron chi connectivity index (χ1n) is 8.61. The van der Waals surface area contributed by atoms with E-state index in [9.17, 15) is 19.1 Å². The number of carboxylic acids is 1. The Hall–Kier alpha value is -2.65. The zero-order valence-electron chi connectivity index (χ0n) is 14.9. The fourth-order valence-corrected chi connectivity index (χ4v) is 3.71. The van der Waals surface area contributed by atoms with Crippen LogP contribution in [0.4, 0.5) is 10.1 Å². The molecule has 1 unspecified atom stereocenters. The number of pyridine rings is 1. The van der Waals surface area contributed by atoms with E-state index in [-0.39, 0.29) is 39.9 Å². The Labute approximate surface area is 154 Å². The van der Waals surface area contributed by atoms with Crippen molar-refractivity contribution in [2.24, 2.45) is 5.73 Å². The predicted octanol–water partition coefficient (Wildman–Crippen LogP) is 0.895. The van der Waals surface area contributed by atoms with Gasteiger partial charge in [-0.15, -0.1) is 0 Å². The third-order valence-corrected chi connectivity index (χ3v) is 5.11. The molecule has 2 aromatic rings. The zero-order valence-corrected chi connectivity index (χ0v) is 14.9. The predicted molar refractivity (Wildman–Crippen MR) is 98.4 cm³/mol. The van der Waals surface area contributed by atoms with E-state index in [1.54, 1.807) is 4.57 Å². The average molecular weight is 379 g/mol. The molecule has 0 spiro atoms. The van der Waals surface area contributed by atoms with E-state index in [0.717, 1.165) is 25.3 Å². The molecular weight excluding hydrogens is 357 g/mol. The molecule has 0 bridgehead atoms. The van der Waals surface area contributed by atoms with E-state index in [2.05, 4.69) is 0 Å². The molecule has 27 heavy (non-hydrogen) atoms. The highest BCUT2D eigenvalue weighted by molar-refractivity contribution is 5.97. The molecule has 2 fully saturated rings. The molecule has 1 saturated carbocycles. The van der Waals surface area contributed by atoms with Gasteiger partial charge in [0.1, 0.15) is 11.3 Å². The van der Waals surface area contributed by atoms with Crippen LogP contribution in [0, 0.1) is 5.82 Å². The Bertz CT molecular complexity index is 970. The van der Waals surface area contributed by atoms with Gasteiger partial charge in [-0.25, -0.2) is 9.18 Å². The highest BCUT2D eigenvalue weighted by Crippen LogP contribution is 2.44. The summed E-state index contributed by atoms with van der Waals surface area (Å²) in [6.07, 6.45) is 3.85. The van der Waals surface area contributed by atoms with Crippen LogP contribution in [-0.4, -0.2) is 47.4 Å². The summed E-state index contributed by atoms with van der Waals surface area (Å²) in [7, 11) is 1.43. The van der Waals surface area contributed by atoms with Gasteiger partial charge in [0.2, 0.25) is 5.43 Å². The number of rotatable bonds is 4. The first kappa shape index (κ1) is 19.1. The van der Waals surface area contributed by atoms with Crippen molar-refractivity contribution in [2.45, 2.75) is 31.3 Å². The molecular formula is C18H22FN3O5. The van der Waals surface area contributed by atoms with E-state index in [0.29, 0.717) is 18.6 Å². The molecule has 1 aliphatic heterocycles. The quantitative estimate of drug-likeness (QED) is 0.812. The van der Waals surface area contributed by atoms with E-state index in [1.807, 2.05) is 4.90 Å². The van der Waals surface area contributed by atoms with Crippen LogP contribution in [0.5, 0.6) is 5.75 Å². The number of aromatic nitrogens is 1. The highest BCUT2D eigenvalue weighted by atomic mass is 19.1. The minimum absolute atomic E-state index is 0. The van der Waals surface area contributed by atoms with Crippen molar-refractivity contribution in [3.05, 3.63) is 33.9 Å². The number of carbonyl (C=O) groups is 1. The molecule has 146 valence electrons. The van der Waals surface area contributed by atoms with E-state index >= 15 is 0 Å². The van der Waals surface area contributed by atoms with Crippen molar-refractivity contribution in [3.8, 4) is 5.75 Å². The maximum atomic E-state index is 14.9. The minimum Gasteiger partial charge on any atom is -0.492 e. The number of nitrogens with zero attached hydrogens (tertiary/aromatic N) is 2. The smallest absolute Gasteiger partial charge is 0.341 e. The maximum absolute atomic E-state index is 14.9. The van der Waals surface area contributed by atoms with Crippen LogP contribution in [0.25, 0.3) is 10.9 Å². The monoisotopic (exact) mass is 379 g/mol. The minimum atomic E-state index is -1.32. The Morgan fingerprint density at radius 3 is 2.59 bits per heavy atom. The third kappa shape index (κ3) is 3.02. The molecule has 1 atom stereocenters. The molecule has 1 aromatic carbocycles. The number of benzene rings is 1. The van der Waals surface area contributed by atoms with Gasteiger partial charge in [0.25, 0.3) is 0 Å². The van der Waals surface area contributed by atoms with Gasteiger partial charge in [-0.1, -0.05) is 0 Å². The lowest BCUT2D eigenvalue weighted by Crippen LogP contribution is -2.28. The van der Waals surface area contributed by atoms with Crippen molar-refractivity contribution in [1.82, 2.24) is 4.57 Å². The van der Waals surface area contributed by atoms with Crippen LogP contribution >= 0.6 is 0 Å². The van der Waals surface area contributed by atoms with E-state index < -0.39 is 17.2 Å². The Balaban J connectivity index is 0.00000210. The van der Waals surface area contributed by atoms with Crippen LogP contribution in [0.15, 0.2) is 17.1 Å². The lowest BCUT2D eigenvalue weighted by atomic mass is 10.1. The van der Waals surface area contributed by atoms with Gasteiger partial charge in [-0.3, -0.25) is 4.79 Å². The molecule has 1 aromatic heterocycles. The summed E-state index contributed by atoms with van der Waals surface area (Å²) in [4.78, 5) is 25.9. The first-order chi connectivity index (χ1) is 12.4. The van der Waals surface area contributed by atoms with Gasteiger partial charge < -0.3 is 30.5 Å². The number of carboxylic acid groups (broad SMARTS) is 1. The Kier molecular flexibility index (Phi) is 4.83. The topological polar surface area (TPSA) is 129 Å². The molecule has 2 heterocycles. The summed E-state index contributed by atoms with van der Waals surface area (Å²) >= 11 is 0. The third-order valence-electron chi connectivity index (χ3n) is 5.11. The molecule has 1 aliphatic carbocycles. The van der Waals surface area contributed by atoms with E-state index in [4.69, 9.17) is 10.5 Å². The number of ether oxygens (including phenoxy) is 1. The number of anilines is 1. The Morgan fingerprint density at radius 2 is 2.07 bits per heavy atom. The van der Waals surface area contributed by atoms with Gasteiger partial charge in [0.05, 0.1) is 18.0 Å². The summed E-state index contributed by atoms with van der Waals surface area (Å²) in [6, 6.07) is 1.17. The zero-order chi connectivity index (χ0) is 18.6. The second kappa shape index (κ2) is 6.82. The fourth-order valence-electron chi connectivity index (χ4n) is 3.71. The van der Waals surface area contributed by atoms with Gasteiger partial charge in [0, 0.05) is 31.4 Å². The lowest BCUT2D eigenvalue weighted by Gasteiger charge is -2.24. The van der Waals surface area contributed by atoms with Crippen LogP contribution in [0.2, 0.25) is 0 Å². The summed E-state index contributed by atoms with van der Waals surface area (Å²) < 4.78 is 22.2. The molecule has 0 radical (unpaired) electrons. The molecule has 9 heteroatoms. The standard InChI is InChI=1S/C18H20FN3O4.H2O/c1-26-17-14-11(6-13(19)15(17)21-5-4-9(20)7-21)16(23)12(18(24)25)8-22(14)10-2-3-10;/h6,8-10H,2-5,7,20H2,1H3,(H,24,25);1H2. The van der Waals surface area contributed by atoms with Gasteiger partial charge in [0.15, 0.2) is 11.6 Å². The molecule has 4 rings (SSSR count). The second-order valence-corrected chi connectivity index (χ2v) is 6.95. The molecule has 5 N–H and O–H groups in total. The molecule has 8 nitrogen and oxygen atoms in total. The van der Waals surface area contributed by atoms with Crippen molar-refractivity contribution in [3.63, 3.8) is 0 Å². The Morgan fingerprint density at radius 1 is 1.37 bits per heavy atom. The first-order valence-corrected chi connectivity index (χ1v) is 8.61. The largest absolute Gasteiger partial charge is 0.492 e. The molecule has 2 aliphatic rings. The normalized spacial score (nSPS) is 19.2. The van der Waals surface area contributed by atoms with E-state index in [1.165, 1.54) is 13.3 Å². The second-order valence-electron chi connectivity index (χ2n) is 6.95. The summed E-state index contributed by atoms with van der Waals surface area (Å²) in [6.45, 7) is 1.10. The summed E-state index contributed by atoms with van der Waals surface area (Å²) in [5.74, 6) is -1.67. The number of methoxy groups -OCH3 is 1. The lowest BCUT2D eigenvalue weighted by molar-refractivity contribution is 0.0695. The number of halogens is 1. The van der Waals surface area contributed by atoms with Crippen molar-refractivity contribution in [2.75, 3.05) is 25.1 Å². The van der Waals surface area contributed by atoms with Gasteiger partial charge in [-0.05, 0) is 25.3 Å². The van der Waals surface area contributed by atoms with Crippen LogP contribution in [0.1, 0.15) is 35.7 Å².